The van der Waals surface area contributed by atoms with E-state index in [1.54, 1.807) is 10.3 Å². The lowest BCUT2D eigenvalue weighted by Gasteiger charge is -2.56. The van der Waals surface area contributed by atoms with Crippen LogP contribution in [0.5, 0.6) is 0 Å². The van der Waals surface area contributed by atoms with Gasteiger partial charge in [-0.3, -0.25) is 30.1 Å². The molecule has 0 radical (unpaired) electrons. The minimum absolute atomic E-state index is 0.0815. The molecule has 1 aromatic heterocycles. The van der Waals surface area contributed by atoms with E-state index in [-0.39, 0.29) is 29.6 Å². The summed E-state index contributed by atoms with van der Waals surface area (Å²) < 4.78 is 0. The highest BCUT2D eigenvalue weighted by Crippen LogP contribution is 2.61. The average molecular weight is 417 g/mol. The molecule has 1 saturated heterocycles. The maximum Gasteiger partial charge on any atom is 0.244 e. The van der Waals surface area contributed by atoms with Gasteiger partial charge in [0.15, 0.2) is 5.13 Å². The molecule has 29 heavy (non-hydrogen) atoms. The van der Waals surface area contributed by atoms with Crippen molar-refractivity contribution in [2.75, 3.05) is 11.4 Å². The third-order valence-corrected chi connectivity index (χ3v) is 8.14. The van der Waals surface area contributed by atoms with E-state index in [1.807, 2.05) is 0 Å². The first-order chi connectivity index (χ1) is 14.0. The predicted molar refractivity (Wildman–Crippen MR) is 109 cm³/mol. The number of anilines is 1. The number of nitrogens with one attached hydrogen (secondary N) is 2. The van der Waals surface area contributed by atoms with Crippen molar-refractivity contribution in [2.24, 2.45) is 23.2 Å². The molecule has 0 aromatic carbocycles. The van der Waals surface area contributed by atoms with Gasteiger partial charge in [0.25, 0.3) is 0 Å². The van der Waals surface area contributed by atoms with Crippen molar-refractivity contribution >= 4 is 34.2 Å². The normalized spacial score (nSPS) is 32.6. The van der Waals surface area contributed by atoms with E-state index >= 15 is 0 Å². The van der Waals surface area contributed by atoms with Crippen LogP contribution in [-0.4, -0.2) is 29.3 Å². The molecular formula is C21H28N4O3S. The van der Waals surface area contributed by atoms with E-state index in [9.17, 15) is 14.4 Å². The SMILES string of the molecule is O=C(Cc1csc(N2CCCC2=O)n1)NNC(=O)CC12CC3CC(CC(C3)C1)C2. The molecule has 0 spiro atoms. The van der Waals surface area contributed by atoms with Crippen molar-refractivity contribution in [1.82, 2.24) is 15.8 Å². The Hall–Kier alpha value is -1.96. The van der Waals surface area contributed by atoms with Gasteiger partial charge in [-0.25, -0.2) is 4.98 Å². The Balaban J connectivity index is 1.10. The largest absolute Gasteiger partial charge is 0.288 e. The van der Waals surface area contributed by atoms with Crippen molar-refractivity contribution < 1.29 is 14.4 Å². The smallest absolute Gasteiger partial charge is 0.244 e. The van der Waals surface area contributed by atoms with E-state index in [0.717, 1.165) is 24.2 Å². The van der Waals surface area contributed by atoms with Crippen molar-refractivity contribution in [3.8, 4) is 0 Å². The number of hydrogen-bond acceptors (Lipinski definition) is 5. The summed E-state index contributed by atoms with van der Waals surface area (Å²) in [5.74, 6) is 2.16. The number of nitrogens with zero attached hydrogens (tertiary/aromatic N) is 2. The number of carbonyl (C=O) groups excluding carboxylic acids is 3. The number of hydrazine groups is 1. The van der Waals surface area contributed by atoms with Gasteiger partial charge in [-0.15, -0.1) is 11.3 Å². The van der Waals surface area contributed by atoms with Gasteiger partial charge in [0.2, 0.25) is 17.7 Å². The molecule has 8 heteroatoms. The molecule has 4 aliphatic carbocycles. The molecule has 1 aromatic rings. The molecule has 0 unspecified atom stereocenters. The Morgan fingerprint density at radius 3 is 2.38 bits per heavy atom. The van der Waals surface area contributed by atoms with Crippen LogP contribution in [0.1, 0.15) is 63.5 Å². The molecule has 4 bridgehead atoms. The molecule has 2 N–H and O–H groups in total. The van der Waals surface area contributed by atoms with Gasteiger partial charge < -0.3 is 0 Å². The van der Waals surface area contributed by atoms with Gasteiger partial charge in [0, 0.05) is 24.8 Å². The fourth-order valence-corrected chi connectivity index (χ4v) is 7.46. The van der Waals surface area contributed by atoms with Crippen molar-refractivity contribution in [1.29, 1.82) is 0 Å². The summed E-state index contributed by atoms with van der Waals surface area (Å²) >= 11 is 1.38. The Bertz CT molecular complexity index is 800. The Labute approximate surface area is 174 Å². The zero-order chi connectivity index (χ0) is 20.0. The molecule has 156 valence electrons. The first-order valence-corrected chi connectivity index (χ1v) is 11.7. The summed E-state index contributed by atoms with van der Waals surface area (Å²) in [6.07, 6.45) is 9.63. The number of thiazole rings is 1. The van der Waals surface area contributed by atoms with Crippen LogP contribution in [0.2, 0.25) is 0 Å². The highest BCUT2D eigenvalue weighted by molar-refractivity contribution is 7.14. The lowest BCUT2D eigenvalue weighted by molar-refractivity contribution is -0.134. The van der Waals surface area contributed by atoms with Gasteiger partial charge in [0.1, 0.15) is 0 Å². The molecule has 7 nitrogen and oxygen atoms in total. The Kier molecular flexibility index (Phi) is 4.84. The fraction of sp³-hybridized carbons (Fsp3) is 0.714. The summed E-state index contributed by atoms with van der Waals surface area (Å²) in [6, 6.07) is 0. The Morgan fingerprint density at radius 1 is 1.10 bits per heavy atom. The summed E-state index contributed by atoms with van der Waals surface area (Å²) in [6.45, 7) is 0.693. The van der Waals surface area contributed by atoms with Gasteiger partial charge in [0.05, 0.1) is 12.1 Å². The summed E-state index contributed by atoms with van der Waals surface area (Å²) in [5, 5.41) is 2.46. The van der Waals surface area contributed by atoms with Crippen LogP contribution in [0.25, 0.3) is 0 Å². The monoisotopic (exact) mass is 416 g/mol. The zero-order valence-corrected chi connectivity index (χ0v) is 17.4. The van der Waals surface area contributed by atoms with Crippen LogP contribution >= 0.6 is 11.3 Å². The molecule has 0 atom stereocenters. The zero-order valence-electron chi connectivity index (χ0n) is 16.6. The van der Waals surface area contributed by atoms with E-state index in [4.69, 9.17) is 0 Å². The predicted octanol–water partition coefficient (Wildman–Crippen LogP) is 2.57. The number of amides is 3. The first kappa shape index (κ1) is 19.0. The van der Waals surface area contributed by atoms with Crippen molar-refractivity contribution in [2.45, 2.75) is 64.2 Å². The second-order valence-corrected chi connectivity index (χ2v) is 10.5. The number of carbonyl (C=O) groups is 3. The Morgan fingerprint density at radius 2 is 1.76 bits per heavy atom. The van der Waals surface area contributed by atoms with E-state index in [0.29, 0.717) is 30.2 Å². The minimum Gasteiger partial charge on any atom is -0.288 e. The highest BCUT2D eigenvalue weighted by Gasteiger charge is 2.51. The molecule has 6 rings (SSSR count). The second kappa shape index (κ2) is 7.38. The maximum absolute atomic E-state index is 12.5. The third-order valence-electron chi connectivity index (χ3n) is 7.23. The fourth-order valence-electron chi connectivity index (χ4n) is 6.59. The summed E-state index contributed by atoms with van der Waals surface area (Å²) in [4.78, 5) is 42.6. The van der Waals surface area contributed by atoms with E-state index < -0.39 is 0 Å². The molecular weight excluding hydrogens is 388 g/mol. The van der Waals surface area contributed by atoms with Crippen LogP contribution in [0.15, 0.2) is 5.38 Å². The number of hydrogen-bond donors (Lipinski definition) is 2. The lowest BCUT2D eigenvalue weighted by Crippen LogP contribution is -2.50. The van der Waals surface area contributed by atoms with Gasteiger partial charge in [-0.2, -0.15) is 0 Å². The van der Waals surface area contributed by atoms with Crippen LogP contribution in [0.3, 0.4) is 0 Å². The third kappa shape index (κ3) is 3.91. The molecule has 4 saturated carbocycles. The quantitative estimate of drug-likeness (QED) is 0.722. The van der Waals surface area contributed by atoms with Crippen molar-refractivity contribution in [3.05, 3.63) is 11.1 Å². The molecule has 5 aliphatic rings. The highest BCUT2D eigenvalue weighted by atomic mass is 32.1. The van der Waals surface area contributed by atoms with Gasteiger partial charge in [-0.1, -0.05) is 0 Å². The van der Waals surface area contributed by atoms with Crippen LogP contribution < -0.4 is 15.8 Å². The number of rotatable bonds is 5. The van der Waals surface area contributed by atoms with Crippen LogP contribution in [-0.2, 0) is 20.8 Å². The first-order valence-electron chi connectivity index (χ1n) is 10.8. The molecule has 1 aliphatic heterocycles. The standard InChI is InChI=1S/C21H28N4O3S/c26-17(7-16-12-29-20(22-16)25-3-1-2-19(25)28)23-24-18(27)11-21-8-13-4-14(9-21)6-15(5-13)10-21/h12-15H,1-11H2,(H,23,26)(H,24,27). The second-order valence-electron chi connectivity index (χ2n) is 9.64. The summed E-state index contributed by atoms with van der Waals surface area (Å²) in [5.41, 5.74) is 5.95. The van der Waals surface area contributed by atoms with E-state index in [1.165, 1.54) is 49.9 Å². The van der Waals surface area contributed by atoms with Crippen LogP contribution in [0, 0.1) is 23.2 Å². The van der Waals surface area contributed by atoms with E-state index in [2.05, 4.69) is 15.8 Å². The van der Waals surface area contributed by atoms with Gasteiger partial charge >= 0.3 is 0 Å². The molecule has 2 heterocycles. The summed E-state index contributed by atoms with van der Waals surface area (Å²) in [7, 11) is 0. The lowest BCUT2D eigenvalue weighted by atomic mass is 9.49. The molecule has 3 amide bonds. The topological polar surface area (TPSA) is 91.4 Å². The van der Waals surface area contributed by atoms with Crippen molar-refractivity contribution in [3.63, 3.8) is 0 Å². The minimum atomic E-state index is -0.284. The number of aromatic nitrogens is 1. The van der Waals surface area contributed by atoms with Crippen LogP contribution in [0.4, 0.5) is 5.13 Å². The maximum atomic E-state index is 12.5. The van der Waals surface area contributed by atoms with Gasteiger partial charge in [-0.05, 0) is 68.1 Å². The average Bonchev–Trinajstić information content (AvgIpc) is 3.27. The molecule has 5 fully saturated rings.